The Labute approximate surface area is 161 Å². The van der Waals surface area contributed by atoms with Crippen LogP contribution in [0.15, 0.2) is 23.2 Å². The van der Waals surface area contributed by atoms with Crippen molar-refractivity contribution >= 4 is 29.9 Å². The second kappa shape index (κ2) is 10.6. The number of hydrogen-bond acceptors (Lipinski definition) is 4. The molecule has 1 aromatic rings. The number of hydrogen-bond donors (Lipinski definition) is 2. The van der Waals surface area contributed by atoms with Gasteiger partial charge in [0.05, 0.1) is 20.8 Å². The molecule has 136 valence electrons. The smallest absolute Gasteiger partial charge is 0.188 e. The van der Waals surface area contributed by atoms with E-state index in [2.05, 4.69) is 22.3 Å². The molecule has 24 heavy (non-hydrogen) atoms. The topological polar surface area (TPSA) is 72.1 Å². The van der Waals surface area contributed by atoms with Crippen molar-refractivity contribution in [2.45, 2.75) is 19.4 Å². The molecule has 1 atom stereocenters. The molecule has 3 N–H and O–H groups in total. The molecule has 1 aliphatic rings. The van der Waals surface area contributed by atoms with Crippen LogP contribution >= 0.6 is 24.0 Å². The predicted molar refractivity (Wildman–Crippen MR) is 109 cm³/mol. The lowest BCUT2D eigenvalue weighted by Crippen LogP contribution is -2.41. The molecule has 1 heterocycles. The molecule has 1 saturated heterocycles. The lowest BCUT2D eigenvalue weighted by atomic mass is 9.99. The maximum absolute atomic E-state index is 5.97. The Morgan fingerprint density at radius 1 is 1.33 bits per heavy atom. The minimum atomic E-state index is 0. The van der Waals surface area contributed by atoms with Crippen molar-refractivity contribution in [2.24, 2.45) is 16.6 Å². The second-order valence-electron chi connectivity index (χ2n) is 6.04. The van der Waals surface area contributed by atoms with Crippen LogP contribution in [-0.2, 0) is 6.54 Å². The summed E-state index contributed by atoms with van der Waals surface area (Å²) in [6.07, 6.45) is 2.51. The lowest BCUT2D eigenvalue weighted by molar-refractivity contribution is 0.210. The minimum absolute atomic E-state index is 0. The van der Waals surface area contributed by atoms with E-state index in [1.54, 1.807) is 14.2 Å². The molecule has 6 nitrogen and oxygen atoms in total. The van der Waals surface area contributed by atoms with Gasteiger partial charge in [-0.2, -0.15) is 0 Å². The summed E-state index contributed by atoms with van der Waals surface area (Å²) >= 11 is 0. The number of rotatable bonds is 6. The molecule has 0 bridgehead atoms. The van der Waals surface area contributed by atoms with Gasteiger partial charge in [0.1, 0.15) is 0 Å². The molecule has 1 unspecified atom stereocenters. The first-order valence-electron chi connectivity index (χ1n) is 8.05. The molecule has 0 spiro atoms. The van der Waals surface area contributed by atoms with Gasteiger partial charge in [0, 0.05) is 13.1 Å². The average Bonchev–Trinajstić information content (AvgIpc) is 2.57. The van der Waals surface area contributed by atoms with Crippen molar-refractivity contribution in [3.8, 4) is 11.5 Å². The van der Waals surface area contributed by atoms with Gasteiger partial charge in [-0.3, -0.25) is 0 Å². The van der Waals surface area contributed by atoms with Crippen LogP contribution in [0.25, 0.3) is 0 Å². The van der Waals surface area contributed by atoms with E-state index in [-0.39, 0.29) is 24.0 Å². The molecule has 2 rings (SSSR count). The summed E-state index contributed by atoms with van der Waals surface area (Å²) in [7, 11) is 5.42. The molecule has 0 saturated carbocycles. The third-order valence-electron chi connectivity index (χ3n) is 4.17. The minimum Gasteiger partial charge on any atom is -0.493 e. The van der Waals surface area contributed by atoms with Crippen LogP contribution in [0.5, 0.6) is 11.5 Å². The average molecular weight is 448 g/mol. The molecule has 1 fully saturated rings. The summed E-state index contributed by atoms with van der Waals surface area (Å²) < 4.78 is 10.5. The Kier molecular flexibility index (Phi) is 9.20. The van der Waals surface area contributed by atoms with Gasteiger partial charge in [-0.1, -0.05) is 6.07 Å². The van der Waals surface area contributed by atoms with Crippen LogP contribution in [-0.4, -0.2) is 51.8 Å². The van der Waals surface area contributed by atoms with Crippen LogP contribution in [0.2, 0.25) is 0 Å². The summed E-state index contributed by atoms with van der Waals surface area (Å²) in [6, 6.07) is 5.77. The van der Waals surface area contributed by atoms with Gasteiger partial charge in [0.15, 0.2) is 17.5 Å². The molecule has 1 aromatic carbocycles. The van der Waals surface area contributed by atoms with Gasteiger partial charge in [-0.25, -0.2) is 4.99 Å². The fraction of sp³-hybridized carbons (Fsp3) is 0.588. The zero-order valence-electron chi connectivity index (χ0n) is 14.7. The molecule has 0 amide bonds. The van der Waals surface area contributed by atoms with Gasteiger partial charge >= 0.3 is 0 Å². The Bertz CT molecular complexity index is 539. The summed E-state index contributed by atoms with van der Waals surface area (Å²) in [5, 5.41) is 3.24. The quantitative estimate of drug-likeness (QED) is 0.396. The van der Waals surface area contributed by atoms with Crippen LogP contribution in [0.4, 0.5) is 0 Å². The lowest BCUT2D eigenvalue weighted by Gasteiger charge is -2.29. The van der Waals surface area contributed by atoms with Crippen LogP contribution in [0.1, 0.15) is 18.4 Å². The van der Waals surface area contributed by atoms with Crippen molar-refractivity contribution in [1.29, 1.82) is 0 Å². The maximum atomic E-state index is 5.97. The normalized spacial score (nSPS) is 18.6. The van der Waals surface area contributed by atoms with Gasteiger partial charge in [0.25, 0.3) is 0 Å². The third-order valence-corrected chi connectivity index (χ3v) is 4.17. The second-order valence-corrected chi connectivity index (χ2v) is 6.04. The highest BCUT2D eigenvalue weighted by Gasteiger charge is 2.16. The van der Waals surface area contributed by atoms with Crippen molar-refractivity contribution < 1.29 is 9.47 Å². The first kappa shape index (κ1) is 20.8. The van der Waals surface area contributed by atoms with E-state index in [9.17, 15) is 0 Å². The number of aliphatic imine (C=N–C) groups is 1. The predicted octanol–water partition coefficient (Wildman–Crippen LogP) is 2.07. The molecule has 1 aliphatic heterocycles. The van der Waals surface area contributed by atoms with Crippen molar-refractivity contribution in [1.82, 2.24) is 10.2 Å². The fourth-order valence-corrected chi connectivity index (χ4v) is 2.90. The van der Waals surface area contributed by atoms with Crippen molar-refractivity contribution in [3.05, 3.63) is 23.8 Å². The molecule has 0 radical (unpaired) electrons. The standard InChI is InChI=1S/C17H28N4O2.HI/c1-21-8-4-5-14(12-21)11-20-17(18)19-10-13-6-7-15(22-2)16(9-13)23-3;/h6-7,9,14H,4-5,8,10-12H2,1-3H3,(H3,18,19,20);1H. The number of nitrogens with one attached hydrogen (secondary N) is 1. The summed E-state index contributed by atoms with van der Waals surface area (Å²) in [5.74, 6) is 2.56. The van der Waals surface area contributed by atoms with Crippen LogP contribution < -0.4 is 20.5 Å². The Morgan fingerprint density at radius 3 is 2.75 bits per heavy atom. The largest absolute Gasteiger partial charge is 0.493 e. The zero-order valence-corrected chi connectivity index (χ0v) is 17.1. The Balaban J connectivity index is 0.00000288. The molecule has 7 heteroatoms. The number of ether oxygens (including phenoxy) is 2. The molecule has 0 aromatic heterocycles. The molecule has 0 aliphatic carbocycles. The van der Waals surface area contributed by atoms with E-state index in [1.807, 2.05) is 18.2 Å². The van der Waals surface area contributed by atoms with E-state index in [0.29, 0.717) is 29.9 Å². The van der Waals surface area contributed by atoms with Crippen LogP contribution in [0.3, 0.4) is 0 Å². The van der Waals surface area contributed by atoms with Crippen molar-refractivity contribution in [3.63, 3.8) is 0 Å². The fourth-order valence-electron chi connectivity index (χ4n) is 2.90. The van der Waals surface area contributed by atoms with Crippen molar-refractivity contribution in [2.75, 3.05) is 40.9 Å². The number of guanidine groups is 1. The highest BCUT2D eigenvalue weighted by molar-refractivity contribution is 14.0. The highest BCUT2D eigenvalue weighted by atomic mass is 127. The number of methoxy groups -OCH3 is 2. The van der Waals surface area contributed by atoms with Gasteiger partial charge in [-0.05, 0) is 50.0 Å². The maximum Gasteiger partial charge on any atom is 0.188 e. The van der Waals surface area contributed by atoms with Gasteiger partial charge in [0.2, 0.25) is 0 Å². The number of halogens is 1. The molecular formula is C17H29IN4O2. The van der Waals surface area contributed by atoms with Gasteiger partial charge < -0.3 is 25.4 Å². The summed E-state index contributed by atoms with van der Waals surface area (Å²) in [5.41, 5.74) is 7.00. The summed E-state index contributed by atoms with van der Waals surface area (Å²) in [4.78, 5) is 6.77. The first-order chi connectivity index (χ1) is 11.1. The van der Waals surface area contributed by atoms with E-state index in [4.69, 9.17) is 15.2 Å². The third kappa shape index (κ3) is 6.35. The van der Waals surface area contributed by atoms with E-state index < -0.39 is 0 Å². The highest BCUT2D eigenvalue weighted by Crippen LogP contribution is 2.27. The number of likely N-dealkylation sites (tertiary alicyclic amines) is 1. The van der Waals surface area contributed by atoms with E-state index >= 15 is 0 Å². The SMILES string of the molecule is COc1ccc(CN=C(N)NCC2CCCN(C)C2)cc1OC.I. The van der Waals surface area contributed by atoms with Crippen LogP contribution in [0, 0.1) is 5.92 Å². The first-order valence-corrected chi connectivity index (χ1v) is 8.05. The monoisotopic (exact) mass is 448 g/mol. The van der Waals surface area contributed by atoms with E-state index in [1.165, 1.54) is 19.4 Å². The Hall–Kier alpha value is -1.22. The van der Waals surface area contributed by atoms with E-state index in [0.717, 1.165) is 18.7 Å². The number of benzene rings is 1. The summed E-state index contributed by atoms with van der Waals surface area (Å²) in [6.45, 7) is 3.71. The number of piperidine rings is 1. The number of nitrogens with two attached hydrogens (primary N) is 1. The molecular weight excluding hydrogens is 419 g/mol. The number of nitrogens with zero attached hydrogens (tertiary/aromatic N) is 2. The zero-order chi connectivity index (χ0) is 16.7. The Morgan fingerprint density at radius 2 is 2.08 bits per heavy atom. The van der Waals surface area contributed by atoms with Gasteiger partial charge in [-0.15, -0.1) is 24.0 Å².